The number of nitrogens with two attached hydrogens (primary N) is 1. The van der Waals surface area contributed by atoms with Gasteiger partial charge in [0.25, 0.3) is 0 Å². The van der Waals surface area contributed by atoms with E-state index in [4.69, 9.17) is 10.5 Å². The topological polar surface area (TPSA) is 59.6 Å². The second-order valence-electron chi connectivity index (χ2n) is 6.77. The van der Waals surface area contributed by atoms with Crippen LogP contribution in [0.3, 0.4) is 0 Å². The molecule has 1 saturated carbocycles. The van der Waals surface area contributed by atoms with Gasteiger partial charge in [-0.25, -0.2) is 4.99 Å². The number of ether oxygens (including phenoxy) is 1. The second-order valence-corrected chi connectivity index (χ2v) is 6.77. The predicted molar refractivity (Wildman–Crippen MR) is 97.2 cm³/mol. The molecule has 1 aliphatic heterocycles. The van der Waals surface area contributed by atoms with Crippen molar-refractivity contribution >= 4 is 5.96 Å². The van der Waals surface area contributed by atoms with Crippen molar-refractivity contribution in [2.75, 3.05) is 0 Å². The summed E-state index contributed by atoms with van der Waals surface area (Å²) in [7, 11) is 0. The third-order valence-electron chi connectivity index (χ3n) is 4.54. The van der Waals surface area contributed by atoms with Crippen LogP contribution in [-0.2, 0) is 13.0 Å². The molecule has 0 bridgehead atoms. The lowest BCUT2D eigenvalue weighted by Gasteiger charge is -2.06. The van der Waals surface area contributed by atoms with E-state index in [0.717, 1.165) is 17.7 Å². The molecule has 4 nitrogen and oxygen atoms in total. The van der Waals surface area contributed by atoms with Crippen molar-refractivity contribution in [3.8, 4) is 16.9 Å². The van der Waals surface area contributed by atoms with Gasteiger partial charge in [0.15, 0.2) is 5.96 Å². The number of nitrogens with one attached hydrogen (secondary N) is 1. The highest BCUT2D eigenvalue weighted by Crippen LogP contribution is 2.32. The van der Waals surface area contributed by atoms with Gasteiger partial charge in [-0.15, -0.1) is 0 Å². The third kappa shape index (κ3) is 3.37. The Morgan fingerprint density at radius 1 is 1.17 bits per heavy atom. The third-order valence-corrected chi connectivity index (χ3v) is 4.54. The molecule has 0 amide bonds. The zero-order valence-electron chi connectivity index (χ0n) is 14.0. The zero-order chi connectivity index (χ0) is 16.5. The lowest BCUT2D eigenvalue weighted by molar-refractivity contribution is 0.254. The number of rotatable bonds is 4. The first kappa shape index (κ1) is 15.1. The van der Waals surface area contributed by atoms with Crippen molar-refractivity contribution in [2.24, 2.45) is 10.7 Å². The Morgan fingerprint density at radius 2 is 1.92 bits per heavy atom. The van der Waals surface area contributed by atoms with Crippen molar-refractivity contribution in [1.82, 2.24) is 5.32 Å². The fourth-order valence-electron chi connectivity index (χ4n) is 3.06. The van der Waals surface area contributed by atoms with Crippen LogP contribution in [0.1, 0.15) is 30.9 Å². The molecule has 1 aliphatic carbocycles. The molecule has 24 heavy (non-hydrogen) atoms. The van der Waals surface area contributed by atoms with Crippen LogP contribution >= 0.6 is 0 Å². The minimum absolute atomic E-state index is 0.283. The Kier molecular flexibility index (Phi) is 3.89. The smallest absolute Gasteiger partial charge is 0.189 e. The summed E-state index contributed by atoms with van der Waals surface area (Å²) >= 11 is 0. The Labute approximate surface area is 142 Å². The van der Waals surface area contributed by atoms with E-state index in [2.05, 4.69) is 59.7 Å². The van der Waals surface area contributed by atoms with E-state index in [1.54, 1.807) is 0 Å². The minimum atomic E-state index is 0.283. The van der Waals surface area contributed by atoms with Crippen molar-refractivity contribution < 1.29 is 4.74 Å². The molecule has 2 aromatic rings. The fourth-order valence-corrected chi connectivity index (χ4v) is 3.06. The van der Waals surface area contributed by atoms with E-state index in [0.29, 0.717) is 18.5 Å². The number of benzene rings is 2. The van der Waals surface area contributed by atoms with E-state index < -0.39 is 0 Å². The SMILES string of the molecule is CC1Cc2cc(-c3ccc(CN=C(N)NC4CC4)cc3)ccc2O1. The molecule has 124 valence electrons. The van der Waals surface area contributed by atoms with Gasteiger partial charge < -0.3 is 15.8 Å². The maximum Gasteiger partial charge on any atom is 0.189 e. The van der Waals surface area contributed by atoms with Gasteiger partial charge in [-0.05, 0) is 54.2 Å². The van der Waals surface area contributed by atoms with E-state index in [1.807, 2.05) is 0 Å². The summed E-state index contributed by atoms with van der Waals surface area (Å²) in [6.07, 6.45) is 3.68. The number of guanidine groups is 1. The molecule has 4 rings (SSSR count). The molecule has 3 N–H and O–H groups in total. The van der Waals surface area contributed by atoms with E-state index in [1.165, 1.54) is 29.5 Å². The lowest BCUT2D eigenvalue weighted by atomic mass is 10.00. The molecule has 1 fully saturated rings. The van der Waals surface area contributed by atoms with Crippen LogP contribution in [0, 0.1) is 0 Å². The largest absolute Gasteiger partial charge is 0.490 e. The summed E-state index contributed by atoms with van der Waals surface area (Å²) in [5.74, 6) is 1.57. The van der Waals surface area contributed by atoms with Crippen molar-refractivity contribution in [3.63, 3.8) is 0 Å². The lowest BCUT2D eigenvalue weighted by Crippen LogP contribution is -2.33. The van der Waals surface area contributed by atoms with Crippen LogP contribution in [0.25, 0.3) is 11.1 Å². The highest BCUT2D eigenvalue weighted by molar-refractivity contribution is 5.78. The molecular formula is C20H23N3O. The molecule has 4 heteroatoms. The van der Waals surface area contributed by atoms with Gasteiger partial charge in [0.1, 0.15) is 11.9 Å². The number of hydrogen-bond acceptors (Lipinski definition) is 2. The highest BCUT2D eigenvalue weighted by Gasteiger charge is 2.21. The van der Waals surface area contributed by atoms with Crippen molar-refractivity contribution in [1.29, 1.82) is 0 Å². The van der Waals surface area contributed by atoms with Crippen LogP contribution in [0.15, 0.2) is 47.5 Å². The van der Waals surface area contributed by atoms with Gasteiger partial charge >= 0.3 is 0 Å². The van der Waals surface area contributed by atoms with Gasteiger partial charge in [0, 0.05) is 12.5 Å². The van der Waals surface area contributed by atoms with Crippen LogP contribution in [0.4, 0.5) is 0 Å². The maximum absolute atomic E-state index is 5.87. The Bertz CT molecular complexity index is 763. The van der Waals surface area contributed by atoms with Crippen LogP contribution in [0.2, 0.25) is 0 Å². The molecule has 0 saturated heterocycles. The molecular weight excluding hydrogens is 298 g/mol. The van der Waals surface area contributed by atoms with Gasteiger partial charge in [-0.3, -0.25) is 0 Å². The fraction of sp³-hybridized carbons (Fsp3) is 0.350. The molecule has 2 aliphatic rings. The summed E-state index contributed by atoms with van der Waals surface area (Å²) < 4.78 is 5.77. The summed E-state index contributed by atoms with van der Waals surface area (Å²) in [6, 6.07) is 15.5. The Hall–Kier alpha value is -2.49. The summed E-state index contributed by atoms with van der Waals surface area (Å²) in [5, 5.41) is 3.20. The number of aliphatic imine (C=N–C) groups is 1. The molecule has 1 unspecified atom stereocenters. The van der Waals surface area contributed by atoms with Crippen LogP contribution < -0.4 is 15.8 Å². The van der Waals surface area contributed by atoms with Crippen molar-refractivity contribution in [3.05, 3.63) is 53.6 Å². The van der Waals surface area contributed by atoms with Crippen LogP contribution in [0.5, 0.6) is 5.75 Å². The van der Waals surface area contributed by atoms with Gasteiger partial charge in [-0.2, -0.15) is 0 Å². The first-order valence-electron chi connectivity index (χ1n) is 8.63. The maximum atomic E-state index is 5.87. The van der Waals surface area contributed by atoms with E-state index >= 15 is 0 Å². The van der Waals surface area contributed by atoms with E-state index in [9.17, 15) is 0 Å². The standard InChI is InChI=1S/C20H23N3O/c1-13-10-17-11-16(6-9-19(17)24-13)15-4-2-14(3-5-15)12-22-20(21)23-18-7-8-18/h2-6,9,11,13,18H,7-8,10,12H2,1H3,(H3,21,22,23). The quantitative estimate of drug-likeness (QED) is 0.671. The number of fused-ring (bicyclic) bond motifs is 1. The molecule has 0 spiro atoms. The first-order valence-corrected chi connectivity index (χ1v) is 8.63. The van der Waals surface area contributed by atoms with Gasteiger partial charge in [0.2, 0.25) is 0 Å². The average Bonchev–Trinajstić information content (AvgIpc) is 3.31. The zero-order valence-corrected chi connectivity index (χ0v) is 14.0. The Balaban J connectivity index is 1.45. The van der Waals surface area contributed by atoms with Crippen molar-refractivity contribution in [2.45, 2.75) is 44.9 Å². The second kappa shape index (κ2) is 6.19. The monoisotopic (exact) mass is 321 g/mol. The molecule has 1 atom stereocenters. The average molecular weight is 321 g/mol. The van der Waals surface area contributed by atoms with E-state index in [-0.39, 0.29) is 6.10 Å². The Morgan fingerprint density at radius 3 is 2.67 bits per heavy atom. The molecule has 1 heterocycles. The molecule has 0 aromatic heterocycles. The van der Waals surface area contributed by atoms with Crippen LogP contribution in [-0.4, -0.2) is 18.1 Å². The van der Waals surface area contributed by atoms with Gasteiger partial charge in [0.05, 0.1) is 6.54 Å². The number of hydrogen-bond donors (Lipinski definition) is 2. The minimum Gasteiger partial charge on any atom is -0.490 e. The predicted octanol–water partition coefficient (Wildman–Crippen LogP) is 3.24. The number of nitrogens with zero attached hydrogens (tertiary/aromatic N) is 1. The molecule has 0 radical (unpaired) electrons. The summed E-state index contributed by atoms with van der Waals surface area (Å²) in [5.41, 5.74) is 10.8. The molecule has 2 aromatic carbocycles. The van der Waals surface area contributed by atoms with Gasteiger partial charge in [-0.1, -0.05) is 30.3 Å². The first-order chi connectivity index (χ1) is 11.7. The summed E-state index contributed by atoms with van der Waals surface area (Å²) in [4.78, 5) is 4.40. The normalized spacial score (nSPS) is 19.7. The summed E-state index contributed by atoms with van der Waals surface area (Å²) in [6.45, 7) is 2.72. The highest BCUT2D eigenvalue weighted by atomic mass is 16.5.